The first kappa shape index (κ1) is 21.7. The Kier molecular flexibility index (Phi) is 7.79. The maximum atomic E-state index is 13.1. The van der Waals surface area contributed by atoms with Gasteiger partial charge in [0.15, 0.2) is 0 Å². The molecule has 0 unspecified atom stereocenters. The molecule has 0 aliphatic heterocycles. The lowest BCUT2D eigenvalue weighted by atomic mass is 10.1. The molecule has 0 saturated carbocycles. The Balaban J connectivity index is 2.15. The van der Waals surface area contributed by atoms with Crippen LogP contribution in [0.5, 0.6) is 0 Å². The number of aromatic nitrogens is 2. The van der Waals surface area contributed by atoms with Crippen LogP contribution in [0.15, 0.2) is 30.3 Å². The number of benzene rings is 1. The lowest BCUT2D eigenvalue weighted by Gasteiger charge is -2.23. The molecular weight excluding hydrogens is 354 g/mol. The SMILES string of the molecule is Cc1nn(CC(C)C)c(C)c1CC(=O)N(CCCC(=O)O)Cc1ccccc1. The van der Waals surface area contributed by atoms with Gasteiger partial charge in [0, 0.05) is 37.3 Å². The number of carboxylic acids is 1. The maximum absolute atomic E-state index is 13.1. The summed E-state index contributed by atoms with van der Waals surface area (Å²) in [5.74, 6) is -0.356. The zero-order chi connectivity index (χ0) is 20.7. The topological polar surface area (TPSA) is 75.4 Å². The highest BCUT2D eigenvalue weighted by atomic mass is 16.4. The molecule has 0 aliphatic carbocycles. The summed E-state index contributed by atoms with van der Waals surface area (Å²) in [6.07, 6.45) is 0.789. The molecule has 1 heterocycles. The summed E-state index contributed by atoms with van der Waals surface area (Å²) in [5.41, 5.74) is 3.93. The van der Waals surface area contributed by atoms with Gasteiger partial charge in [-0.25, -0.2) is 0 Å². The van der Waals surface area contributed by atoms with Crippen LogP contribution in [0.1, 0.15) is 49.2 Å². The van der Waals surface area contributed by atoms with Gasteiger partial charge in [0.1, 0.15) is 0 Å². The molecule has 0 bridgehead atoms. The zero-order valence-electron chi connectivity index (χ0n) is 17.3. The van der Waals surface area contributed by atoms with Crippen molar-refractivity contribution >= 4 is 11.9 Å². The largest absolute Gasteiger partial charge is 0.481 e. The Hall–Kier alpha value is -2.63. The van der Waals surface area contributed by atoms with Crippen LogP contribution in [0.25, 0.3) is 0 Å². The third kappa shape index (κ3) is 6.22. The fourth-order valence-electron chi connectivity index (χ4n) is 3.29. The van der Waals surface area contributed by atoms with E-state index >= 15 is 0 Å². The monoisotopic (exact) mass is 385 g/mol. The van der Waals surface area contributed by atoms with Crippen molar-refractivity contribution in [3.63, 3.8) is 0 Å². The predicted octanol–water partition coefficient (Wildman–Crippen LogP) is 3.59. The molecule has 1 aromatic heterocycles. The van der Waals surface area contributed by atoms with Crippen molar-refractivity contribution in [1.82, 2.24) is 14.7 Å². The number of carbonyl (C=O) groups excluding carboxylic acids is 1. The van der Waals surface area contributed by atoms with E-state index in [0.29, 0.717) is 25.4 Å². The summed E-state index contributed by atoms with van der Waals surface area (Å²) in [6.45, 7) is 9.98. The van der Waals surface area contributed by atoms with Crippen molar-refractivity contribution < 1.29 is 14.7 Å². The normalized spacial score (nSPS) is 11.0. The molecule has 6 nitrogen and oxygen atoms in total. The number of hydrogen-bond donors (Lipinski definition) is 1. The number of aliphatic carboxylic acids is 1. The van der Waals surface area contributed by atoms with Gasteiger partial charge in [-0.2, -0.15) is 5.10 Å². The van der Waals surface area contributed by atoms with Crippen LogP contribution in [0.3, 0.4) is 0 Å². The van der Waals surface area contributed by atoms with Crippen LogP contribution in [0, 0.1) is 19.8 Å². The van der Waals surface area contributed by atoms with Crippen LogP contribution < -0.4 is 0 Å². The highest BCUT2D eigenvalue weighted by molar-refractivity contribution is 5.79. The van der Waals surface area contributed by atoms with Gasteiger partial charge in [0.05, 0.1) is 12.1 Å². The fraction of sp³-hybridized carbons (Fsp3) is 0.500. The van der Waals surface area contributed by atoms with Gasteiger partial charge in [0.25, 0.3) is 0 Å². The Bertz CT molecular complexity index is 797. The molecule has 2 aromatic rings. The molecule has 1 amide bonds. The Morgan fingerprint density at radius 1 is 1.18 bits per heavy atom. The van der Waals surface area contributed by atoms with E-state index in [1.54, 1.807) is 4.90 Å². The second-order valence-corrected chi connectivity index (χ2v) is 7.70. The molecule has 0 fully saturated rings. The fourth-order valence-corrected chi connectivity index (χ4v) is 3.29. The van der Waals surface area contributed by atoms with Crippen molar-refractivity contribution in [1.29, 1.82) is 0 Å². The second-order valence-electron chi connectivity index (χ2n) is 7.70. The Morgan fingerprint density at radius 2 is 1.86 bits per heavy atom. The van der Waals surface area contributed by atoms with Gasteiger partial charge in [-0.15, -0.1) is 0 Å². The van der Waals surface area contributed by atoms with E-state index in [1.165, 1.54) is 0 Å². The average Bonchev–Trinajstić information content (AvgIpc) is 2.88. The van der Waals surface area contributed by atoms with E-state index in [9.17, 15) is 9.59 Å². The number of amides is 1. The minimum atomic E-state index is -0.839. The standard InChI is InChI=1S/C22H31N3O3/c1-16(2)14-25-18(4)20(17(3)23-25)13-21(26)24(12-8-11-22(27)28)15-19-9-6-5-7-10-19/h5-7,9-10,16H,8,11-15H2,1-4H3,(H,27,28). The summed E-state index contributed by atoms with van der Waals surface area (Å²) < 4.78 is 1.98. The van der Waals surface area contributed by atoms with Crippen molar-refractivity contribution in [3.05, 3.63) is 52.8 Å². The van der Waals surface area contributed by atoms with Gasteiger partial charge in [-0.05, 0) is 31.7 Å². The van der Waals surface area contributed by atoms with Gasteiger partial charge in [0.2, 0.25) is 5.91 Å². The van der Waals surface area contributed by atoms with Crippen LogP contribution in [-0.4, -0.2) is 38.2 Å². The molecule has 28 heavy (non-hydrogen) atoms. The predicted molar refractivity (Wildman–Crippen MR) is 109 cm³/mol. The Morgan fingerprint density at radius 3 is 2.46 bits per heavy atom. The summed E-state index contributed by atoms with van der Waals surface area (Å²) in [5, 5.41) is 13.5. The quantitative estimate of drug-likeness (QED) is 0.678. The average molecular weight is 386 g/mol. The van der Waals surface area contributed by atoms with E-state index < -0.39 is 5.97 Å². The first-order chi connectivity index (χ1) is 13.3. The van der Waals surface area contributed by atoms with Gasteiger partial charge >= 0.3 is 5.97 Å². The first-order valence-electron chi connectivity index (χ1n) is 9.84. The first-order valence-corrected chi connectivity index (χ1v) is 9.84. The van der Waals surface area contributed by atoms with Crippen molar-refractivity contribution in [2.45, 2.75) is 60.0 Å². The van der Waals surface area contributed by atoms with Crippen LogP contribution in [-0.2, 0) is 29.1 Å². The molecule has 152 valence electrons. The minimum Gasteiger partial charge on any atom is -0.481 e. The van der Waals surface area contributed by atoms with Crippen LogP contribution >= 0.6 is 0 Å². The van der Waals surface area contributed by atoms with Crippen LogP contribution in [0.4, 0.5) is 0 Å². The molecule has 0 radical (unpaired) electrons. The summed E-state index contributed by atoms with van der Waals surface area (Å²) in [7, 11) is 0. The Labute approximate surface area is 167 Å². The van der Waals surface area contributed by atoms with Gasteiger partial charge in [-0.3, -0.25) is 14.3 Å². The number of carbonyl (C=O) groups is 2. The molecular formula is C22H31N3O3. The lowest BCUT2D eigenvalue weighted by Crippen LogP contribution is -2.33. The number of aryl methyl sites for hydroxylation is 1. The second kappa shape index (κ2) is 10.1. The third-order valence-corrected chi connectivity index (χ3v) is 4.79. The molecule has 0 saturated heterocycles. The van der Waals surface area contributed by atoms with E-state index in [-0.39, 0.29) is 18.7 Å². The van der Waals surface area contributed by atoms with E-state index in [1.807, 2.05) is 48.9 Å². The molecule has 1 N–H and O–H groups in total. The molecule has 1 aromatic carbocycles. The van der Waals surface area contributed by atoms with E-state index in [4.69, 9.17) is 5.11 Å². The summed E-state index contributed by atoms with van der Waals surface area (Å²) in [4.78, 5) is 25.7. The highest BCUT2D eigenvalue weighted by Crippen LogP contribution is 2.17. The number of nitrogens with zero attached hydrogens (tertiary/aromatic N) is 3. The number of rotatable bonds is 10. The van der Waals surface area contributed by atoms with Crippen molar-refractivity contribution in [2.75, 3.05) is 6.54 Å². The number of hydrogen-bond acceptors (Lipinski definition) is 3. The van der Waals surface area contributed by atoms with E-state index in [0.717, 1.165) is 29.1 Å². The maximum Gasteiger partial charge on any atom is 0.303 e. The summed E-state index contributed by atoms with van der Waals surface area (Å²) >= 11 is 0. The highest BCUT2D eigenvalue weighted by Gasteiger charge is 2.20. The van der Waals surface area contributed by atoms with E-state index in [2.05, 4.69) is 18.9 Å². The zero-order valence-corrected chi connectivity index (χ0v) is 17.3. The molecule has 0 atom stereocenters. The smallest absolute Gasteiger partial charge is 0.303 e. The van der Waals surface area contributed by atoms with Gasteiger partial charge in [-0.1, -0.05) is 44.2 Å². The molecule has 0 spiro atoms. The summed E-state index contributed by atoms with van der Waals surface area (Å²) in [6, 6.07) is 9.79. The lowest BCUT2D eigenvalue weighted by molar-refractivity contribution is -0.138. The third-order valence-electron chi connectivity index (χ3n) is 4.79. The van der Waals surface area contributed by atoms with Gasteiger partial charge < -0.3 is 10.0 Å². The number of carboxylic acid groups (broad SMARTS) is 1. The van der Waals surface area contributed by atoms with Crippen molar-refractivity contribution in [2.24, 2.45) is 5.92 Å². The van der Waals surface area contributed by atoms with Crippen LogP contribution in [0.2, 0.25) is 0 Å². The molecule has 2 rings (SSSR count). The molecule has 0 aliphatic rings. The molecule has 6 heteroatoms. The van der Waals surface area contributed by atoms with Crippen molar-refractivity contribution in [3.8, 4) is 0 Å². The minimum absolute atomic E-state index is 0.00420.